The van der Waals surface area contributed by atoms with Crippen molar-refractivity contribution in [2.75, 3.05) is 13.1 Å². The maximum absolute atomic E-state index is 12.6. The molecule has 4 rings (SSSR count). The van der Waals surface area contributed by atoms with Crippen molar-refractivity contribution in [3.05, 3.63) is 42.9 Å². The van der Waals surface area contributed by atoms with Gasteiger partial charge < -0.3 is 13.9 Å². The van der Waals surface area contributed by atoms with Crippen LogP contribution in [0.2, 0.25) is 0 Å². The van der Waals surface area contributed by atoms with Gasteiger partial charge in [0.25, 0.3) is 0 Å². The van der Waals surface area contributed by atoms with Crippen molar-refractivity contribution in [3.63, 3.8) is 0 Å². The van der Waals surface area contributed by atoms with Gasteiger partial charge in [-0.25, -0.2) is 4.98 Å². The molecule has 0 spiro atoms. The normalized spacial score (nSPS) is 28.6. The quantitative estimate of drug-likeness (QED) is 0.870. The maximum atomic E-state index is 12.6. The molecule has 2 fully saturated rings. The van der Waals surface area contributed by atoms with E-state index in [4.69, 9.17) is 4.42 Å². The minimum absolute atomic E-state index is 0.123. The molecule has 1 saturated carbocycles. The Balaban J connectivity index is 1.41. The minimum Gasteiger partial charge on any atom is -0.469 e. The summed E-state index contributed by atoms with van der Waals surface area (Å²) in [4.78, 5) is 18.8. The fourth-order valence-corrected chi connectivity index (χ4v) is 3.40. The van der Waals surface area contributed by atoms with Crippen molar-refractivity contribution in [3.8, 4) is 0 Å². The number of piperidine rings is 1. The molecular weight excluding hydrogens is 266 g/mol. The fourth-order valence-electron chi connectivity index (χ4n) is 3.40. The number of amides is 1. The van der Waals surface area contributed by atoms with E-state index in [0.29, 0.717) is 17.9 Å². The standard InChI is InChI=1S/C16H19N3O2/c20-16(14-9-13(14)15-4-2-8-21-15)18-6-1-3-12(10-18)19-7-5-17-11-19/h2,4-5,7-8,11-14H,1,3,6,9-10H2/t12-,13+,14+/m0/s1. The third kappa shape index (κ3) is 2.37. The highest BCUT2D eigenvalue weighted by Crippen LogP contribution is 2.49. The van der Waals surface area contributed by atoms with Crippen LogP contribution in [0.25, 0.3) is 0 Å². The monoisotopic (exact) mass is 285 g/mol. The largest absolute Gasteiger partial charge is 0.469 e. The Morgan fingerprint density at radius 1 is 1.43 bits per heavy atom. The molecule has 0 radical (unpaired) electrons. The first-order valence-electron chi connectivity index (χ1n) is 7.62. The number of imidazole rings is 1. The predicted octanol–water partition coefficient (Wildman–Crippen LogP) is 2.44. The number of hydrogen-bond donors (Lipinski definition) is 0. The van der Waals surface area contributed by atoms with Crippen molar-refractivity contribution < 1.29 is 9.21 Å². The van der Waals surface area contributed by atoms with Gasteiger partial charge in [-0.1, -0.05) is 0 Å². The molecule has 0 bridgehead atoms. The molecule has 0 aromatic carbocycles. The summed E-state index contributed by atoms with van der Waals surface area (Å²) >= 11 is 0. The lowest BCUT2D eigenvalue weighted by atomic mass is 10.0. The molecule has 1 aliphatic heterocycles. The smallest absolute Gasteiger partial charge is 0.226 e. The molecule has 1 aliphatic carbocycles. The summed E-state index contributed by atoms with van der Waals surface area (Å²) in [6.45, 7) is 1.68. The van der Waals surface area contributed by atoms with Gasteiger partial charge in [0.05, 0.1) is 18.6 Å². The Kier molecular flexibility index (Phi) is 3.05. The number of hydrogen-bond acceptors (Lipinski definition) is 3. The summed E-state index contributed by atoms with van der Waals surface area (Å²) in [6.07, 6.45) is 10.4. The van der Waals surface area contributed by atoms with E-state index in [0.717, 1.165) is 38.1 Å². The molecule has 0 unspecified atom stereocenters. The molecular formula is C16H19N3O2. The van der Waals surface area contributed by atoms with Crippen LogP contribution in [-0.4, -0.2) is 33.4 Å². The minimum atomic E-state index is 0.123. The van der Waals surface area contributed by atoms with E-state index in [1.54, 1.807) is 12.5 Å². The molecule has 2 aromatic rings. The van der Waals surface area contributed by atoms with Gasteiger partial charge in [-0.3, -0.25) is 4.79 Å². The first-order chi connectivity index (χ1) is 10.3. The van der Waals surface area contributed by atoms with Gasteiger partial charge in [0.1, 0.15) is 5.76 Å². The van der Waals surface area contributed by atoms with Crippen LogP contribution >= 0.6 is 0 Å². The van der Waals surface area contributed by atoms with E-state index >= 15 is 0 Å². The average Bonchev–Trinajstić information content (AvgIpc) is 2.98. The highest BCUT2D eigenvalue weighted by Gasteiger charge is 2.48. The summed E-state index contributed by atoms with van der Waals surface area (Å²) in [7, 11) is 0. The number of furan rings is 1. The van der Waals surface area contributed by atoms with Crippen LogP contribution in [0, 0.1) is 5.92 Å². The van der Waals surface area contributed by atoms with E-state index in [-0.39, 0.29) is 5.92 Å². The van der Waals surface area contributed by atoms with Crippen LogP contribution < -0.4 is 0 Å². The summed E-state index contributed by atoms with van der Waals surface area (Å²) < 4.78 is 7.54. The number of carbonyl (C=O) groups is 1. The molecule has 0 N–H and O–H groups in total. The zero-order valence-electron chi connectivity index (χ0n) is 11.9. The van der Waals surface area contributed by atoms with Crippen LogP contribution in [0.5, 0.6) is 0 Å². The van der Waals surface area contributed by atoms with Crippen LogP contribution in [0.1, 0.15) is 37.0 Å². The van der Waals surface area contributed by atoms with Gasteiger partial charge >= 0.3 is 0 Å². The van der Waals surface area contributed by atoms with Crippen LogP contribution in [0.3, 0.4) is 0 Å². The first kappa shape index (κ1) is 12.7. The Morgan fingerprint density at radius 3 is 3.14 bits per heavy atom. The lowest BCUT2D eigenvalue weighted by Crippen LogP contribution is -2.41. The third-order valence-electron chi connectivity index (χ3n) is 4.67. The van der Waals surface area contributed by atoms with E-state index in [2.05, 4.69) is 9.55 Å². The average molecular weight is 285 g/mol. The second kappa shape index (κ2) is 5.06. The number of likely N-dealkylation sites (tertiary alicyclic amines) is 1. The molecule has 1 saturated heterocycles. The molecule has 1 amide bonds. The number of nitrogens with zero attached hydrogens (tertiary/aromatic N) is 3. The van der Waals surface area contributed by atoms with Crippen molar-refractivity contribution in [2.45, 2.75) is 31.2 Å². The molecule has 3 atom stereocenters. The van der Waals surface area contributed by atoms with Crippen molar-refractivity contribution in [1.82, 2.24) is 14.5 Å². The van der Waals surface area contributed by atoms with Crippen LogP contribution in [-0.2, 0) is 4.79 Å². The molecule has 5 heteroatoms. The Labute approximate surface area is 123 Å². The van der Waals surface area contributed by atoms with Gasteiger partial charge in [0, 0.05) is 37.3 Å². The van der Waals surface area contributed by atoms with E-state index < -0.39 is 0 Å². The molecule has 21 heavy (non-hydrogen) atoms. The fraction of sp³-hybridized carbons (Fsp3) is 0.500. The van der Waals surface area contributed by atoms with Gasteiger partial charge in [0.15, 0.2) is 0 Å². The van der Waals surface area contributed by atoms with Gasteiger partial charge in [-0.05, 0) is 31.4 Å². The maximum Gasteiger partial charge on any atom is 0.226 e. The molecule has 5 nitrogen and oxygen atoms in total. The van der Waals surface area contributed by atoms with Crippen LogP contribution in [0.4, 0.5) is 0 Å². The Morgan fingerprint density at radius 2 is 2.38 bits per heavy atom. The summed E-state index contributed by atoms with van der Waals surface area (Å²) in [5, 5.41) is 0. The third-order valence-corrected chi connectivity index (χ3v) is 4.67. The van der Waals surface area contributed by atoms with E-state index in [1.807, 2.05) is 29.6 Å². The van der Waals surface area contributed by atoms with E-state index in [9.17, 15) is 4.79 Å². The summed E-state index contributed by atoms with van der Waals surface area (Å²) in [5.74, 6) is 1.66. The Bertz CT molecular complexity index is 606. The second-order valence-electron chi connectivity index (χ2n) is 6.05. The highest BCUT2D eigenvalue weighted by atomic mass is 16.3. The lowest BCUT2D eigenvalue weighted by Gasteiger charge is -2.33. The summed E-state index contributed by atoms with van der Waals surface area (Å²) in [6, 6.07) is 4.24. The molecule has 2 aromatic heterocycles. The lowest BCUT2D eigenvalue weighted by molar-refractivity contribution is -0.134. The number of carbonyl (C=O) groups excluding carboxylic acids is 1. The Hall–Kier alpha value is -2.04. The predicted molar refractivity (Wildman–Crippen MR) is 76.6 cm³/mol. The van der Waals surface area contributed by atoms with E-state index in [1.165, 1.54) is 0 Å². The van der Waals surface area contributed by atoms with Gasteiger partial charge in [-0.15, -0.1) is 0 Å². The van der Waals surface area contributed by atoms with Crippen molar-refractivity contribution in [2.24, 2.45) is 5.92 Å². The topological polar surface area (TPSA) is 51.3 Å². The van der Waals surface area contributed by atoms with Gasteiger partial charge in [-0.2, -0.15) is 0 Å². The zero-order valence-corrected chi connectivity index (χ0v) is 11.9. The SMILES string of the molecule is O=C([C@@H]1C[C@H]1c1ccco1)N1CCC[C@H](n2ccnc2)C1. The zero-order chi connectivity index (χ0) is 14.2. The van der Waals surface area contributed by atoms with Crippen molar-refractivity contribution >= 4 is 5.91 Å². The summed E-state index contributed by atoms with van der Waals surface area (Å²) in [5.41, 5.74) is 0. The number of rotatable bonds is 3. The van der Waals surface area contributed by atoms with Gasteiger partial charge in [0.2, 0.25) is 5.91 Å². The highest BCUT2D eigenvalue weighted by molar-refractivity contribution is 5.83. The van der Waals surface area contributed by atoms with Crippen molar-refractivity contribution in [1.29, 1.82) is 0 Å². The van der Waals surface area contributed by atoms with Crippen LogP contribution in [0.15, 0.2) is 41.5 Å². The second-order valence-corrected chi connectivity index (χ2v) is 6.05. The molecule has 2 aliphatic rings. The molecule has 110 valence electrons. The number of aromatic nitrogens is 2. The molecule has 3 heterocycles. The first-order valence-corrected chi connectivity index (χ1v) is 7.62.